The first-order chi connectivity index (χ1) is 48.5. The average Bonchev–Trinajstić information content (AvgIpc) is 1.66. The number of fused-ring (bicyclic) bond motifs is 4. The van der Waals surface area contributed by atoms with Gasteiger partial charge in [0.05, 0.1) is 111 Å². The van der Waals surface area contributed by atoms with Crippen molar-refractivity contribution in [3.63, 3.8) is 0 Å². The van der Waals surface area contributed by atoms with Crippen molar-refractivity contribution in [2.45, 2.75) is 110 Å². The van der Waals surface area contributed by atoms with Crippen LogP contribution in [0.3, 0.4) is 0 Å². The van der Waals surface area contributed by atoms with E-state index in [2.05, 4.69) is 70.9 Å². The summed E-state index contributed by atoms with van der Waals surface area (Å²) in [6.45, 7) is 18.5. The minimum atomic E-state index is -0.975. The molecule has 1 saturated heterocycles. The maximum atomic E-state index is 12.0. The van der Waals surface area contributed by atoms with E-state index in [1.807, 2.05) is 158 Å². The first kappa shape index (κ1) is 83.5. The number of methoxy groups -OCH3 is 2. The smallest absolute Gasteiger partial charge is 0.870 e. The van der Waals surface area contributed by atoms with E-state index in [-0.39, 0.29) is 47.5 Å². The molecule has 20 nitrogen and oxygen atoms in total. The fourth-order valence-electron chi connectivity index (χ4n) is 10.3. The van der Waals surface area contributed by atoms with E-state index in [9.17, 15) is 30.0 Å². The van der Waals surface area contributed by atoms with Crippen molar-refractivity contribution < 1.29 is 62.6 Å². The number of carbonyl (C=O) groups is 3. The molecule has 1 fully saturated rings. The number of carboxylic acid groups (broad SMARTS) is 1. The summed E-state index contributed by atoms with van der Waals surface area (Å²) in [5.41, 5.74) is 10.2. The van der Waals surface area contributed by atoms with Gasteiger partial charge in [0.15, 0.2) is 0 Å². The number of rotatable bonds is 11. The Balaban J connectivity index is 0.000000202. The summed E-state index contributed by atoms with van der Waals surface area (Å²) in [4.78, 5) is 52.2. The van der Waals surface area contributed by atoms with Crippen molar-refractivity contribution in [2.75, 3.05) is 14.2 Å². The molecular formula is C77H72BBrCl2LiN11O9S2. The molecule has 0 atom stereocenters. The zero-order chi connectivity index (χ0) is 74.3. The number of aliphatic carboxylic acids is 1. The van der Waals surface area contributed by atoms with Crippen LogP contribution in [-0.2, 0) is 39.6 Å². The normalized spacial score (nSPS) is 12.9. The molecular weight excluding hydrogens is 1460 g/mol. The van der Waals surface area contributed by atoms with Crippen LogP contribution in [0, 0.1) is 45.3 Å². The minimum Gasteiger partial charge on any atom is -0.870 e. The van der Waals surface area contributed by atoms with E-state index < -0.39 is 26.9 Å². The number of allylic oxidation sites excluding steroid dienone is 2. The third-order valence-corrected chi connectivity index (χ3v) is 19.9. The molecule has 104 heavy (non-hydrogen) atoms. The van der Waals surface area contributed by atoms with Gasteiger partial charge in [-0.25, -0.2) is 0 Å². The number of para-hydroxylation sites is 3. The van der Waals surface area contributed by atoms with Gasteiger partial charge in [0, 0.05) is 86.0 Å². The molecule has 1 aliphatic heterocycles. The molecule has 1 aliphatic carbocycles. The van der Waals surface area contributed by atoms with Gasteiger partial charge in [-0.3, -0.25) is 34.3 Å². The molecule has 0 unspecified atom stereocenters. The van der Waals surface area contributed by atoms with Crippen LogP contribution in [-0.4, -0.2) is 108 Å². The van der Waals surface area contributed by atoms with Gasteiger partial charge in [-0.05, 0) is 129 Å². The van der Waals surface area contributed by atoms with E-state index in [1.165, 1.54) is 43.3 Å². The number of esters is 2. The quantitative estimate of drug-likeness (QED) is 0.0544. The van der Waals surface area contributed by atoms with E-state index in [0.29, 0.717) is 26.7 Å². The van der Waals surface area contributed by atoms with E-state index in [4.69, 9.17) is 47.8 Å². The molecule has 526 valence electrons. The van der Waals surface area contributed by atoms with E-state index >= 15 is 0 Å². The second kappa shape index (κ2) is 36.3. The Morgan fingerprint density at radius 1 is 0.558 bits per heavy atom. The Labute approximate surface area is 643 Å². The number of pyridine rings is 4. The molecule has 8 heterocycles. The number of hydrogen-bond acceptors (Lipinski definition) is 18. The average molecular weight is 1530 g/mol. The number of halogens is 3. The molecule has 11 aromatic rings. The van der Waals surface area contributed by atoms with Crippen LogP contribution in [0.5, 0.6) is 0 Å². The minimum absolute atomic E-state index is 0. The summed E-state index contributed by atoms with van der Waals surface area (Å²) in [5.74, 6) is -1.43. The van der Waals surface area contributed by atoms with Crippen LogP contribution in [0.2, 0.25) is 10.0 Å². The topological polar surface area (TPSA) is 300 Å². The van der Waals surface area contributed by atoms with Crippen molar-refractivity contribution in [3.05, 3.63) is 233 Å². The monoisotopic (exact) mass is 1530 g/mol. The number of thioether (sulfide) groups is 2. The molecule has 27 heteroatoms. The first-order valence-corrected chi connectivity index (χ1v) is 34.7. The summed E-state index contributed by atoms with van der Waals surface area (Å²) < 4.78 is 24.6. The SMILES string of the molecule is CC(C)(Sc1ccncc1-n1cc(C#N)c2ccccc21)C(=O)O.CC1(C)OB(c2cnccc2Cl)OC1(C)C.COC(=O)C(C)(C)Br.COC(=O)C(C)(C)Sc1ccncc1-n1cc(C#N)c2ccccc21.N#CC1=CCc2ccccc21.N#Cc1cn(-c2cnccc2Cl)c2ccccc12.[Li+].[OH-]. The van der Waals surface area contributed by atoms with Gasteiger partial charge in [0.25, 0.3) is 0 Å². The second-order valence-corrected chi connectivity index (χ2v) is 31.3. The number of aromatic nitrogens is 7. The Morgan fingerprint density at radius 3 is 1.34 bits per heavy atom. The third kappa shape index (κ3) is 19.7. The summed E-state index contributed by atoms with van der Waals surface area (Å²) in [6, 6.07) is 47.1. The third-order valence-electron chi connectivity index (χ3n) is 16.4. The number of nitriles is 4. The number of carbonyl (C=O) groups excluding carboxylic acids is 2. The van der Waals surface area contributed by atoms with Crippen LogP contribution in [0.4, 0.5) is 0 Å². The molecule has 13 rings (SSSR count). The van der Waals surface area contributed by atoms with E-state index in [0.717, 1.165) is 82.6 Å². The van der Waals surface area contributed by atoms with Crippen LogP contribution in [0.25, 0.3) is 55.3 Å². The largest absolute Gasteiger partial charge is 1.00 e. The van der Waals surface area contributed by atoms with Gasteiger partial charge in [0.1, 0.15) is 32.0 Å². The van der Waals surface area contributed by atoms with Crippen molar-refractivity contribution >= 4 is 131 Å². The zero-order valence-corrected chi connectivity index (χ0v) is 64.1. The van der Waals surface area contributed by atoms with Crippen LogP contribution >= 0.6 is 62.7 Å². The van der Waals surface area contributed by atoms with Crippen molar-refractivity contribution in [2.24, 2.45) is 0 Å². The number of hydrogen-bond donors (Lipinski definition) is 1. The number of ether oxygens (including phenoxy) is 2. The molecule has 2 aliphatic rings. The van der Waals surface area contributed by atoms with Crippen molar-refractivity contribution in [3.8, 4) is 41.3 Å². The maximum absolute atomic E-state index is 12.0. The van der Waals surface area contributed by atoms with Gasteiger partial charge in [-0.2, -0.15) is 21.0 Å². The predicted molar refractivity (Wildman–Crippen MR) is 408 cm³/mol. The predicted octanol–water partition coefficient (Wildman–Crippen LogP) is 13.7. The summed E-state index contributed by atoms with van der Waals surface area (Å²) in [7, 11) is 2.31. The second-order valence-electron chi connectivity index (χ2n) is 25.2. The van der Waals surface area contributed by atoms with E-state index in [1.54, 1.807) is 114 Å². The Bertz CT molecular complexity index is 5110. The Morgan fingerprint density at radius 2 is 0.942 bits per heavy atom. The zero-order valence-electron chi connectivity index (χ0n) is 59.4. The van der Waals surface area contributed by atoms with Crippen molar-refractivity contribution in [1.29, 1.82) is 21.0 Å². The van der Waals surface area contributed by atoms with Gasteiger partial charge < -0.3 is 43.1 Å². The summed E-state index contributed by atoms with van der Waals surface area (Å²) in [6.07, 6.45) is 21.7. The van der Waals surface area contributed by atoms with Crippen LogP contribution in [0.1, 0.15) is 97.1 Å². The van der Waals surface area contributed by atoms with Gasteiger partial charge in [0.2, 0.25) is 0 Å². The Kier molecular flexibility index (Phi) is 29.1. The van der Waals surface area contributed by atoms with Gasteiger partial charge in [-0.15, -0.1) is 23.5 Å². The fraction of sp³-hybridized carbons (Fsp3) is 0.234. The van der Waals surface area contributed by atoms with Gasteiger partial charge >= 0.3 is 43.9 Å². The van der Waals surface area contributed by atoms with Gasteiger partial charge in [-0.1, -0.05) is 124 Å². The standard InChI is InChI=1S/C19H17N3O2S.C18H15N3O2S.C14H8ClN3.C11H15BClNO2.C10H7N.C5H9BrO2.Li.H2O/c1-19(2,18(23)24-3)25-17-8-9-21-11-16(17)22-12-13(10-20)14-6-4-5-7-15(14)22;1-18(2,17(22)23)24-16-7-8-20-10-15(16)21-11-12(9-19)13-5-3-4-6-14(13)21;15-12-5-6-17-8-14(12)18-9-10(7-16)11-3-1-2-4-13(11)18;1-10(2)11(3,4)16-12(15-10)8-7-14-6-5-9(8)13;11-7-9-6-5-8-3-1-2-4-10(8)9;1-5(2,6)4(7)8-3;;/h4-9,11-12H,1-3H3;3-8,10-11H,1-2H3,(H,22,23);1-6,8-9H;5-7H,1-4H3;1-4,6H,5H2;1-3H3;;1H2/q;;;;;;+1;/p-1. The molecule has 0 spiro atoms. The summed E-state index contributed by atoms with van der Waals surface area (Å²) >= 11 is 18.1. The molecule has 4 aromatic carbocycles. The molecule has 0 radical (unpaired) electrons. The first-order valence-electron chi connectivity index (χ1n) is 31.6. The summed E-state index contributed by atoms with van der Waals surface area (Å²) in [5, 5.41) is 49.9. The molecule has 2 N–H and O–H groups in total. The molecule has 0 amide bonds. The van der Waals surface area contributed by atoms with Crippen LogP contribution < -0.4 is 24.3 Å². The number of nitrogens with zero attached hydrogens (tertiary/aromatic N) is 11. The number of carboxylic acids is 1. The maximum Gasteiger partial charge on any atom is 1.00 e. The number of alkyl halides is 1. The molecule has 7 aromatic heterocycles. The Hall–Kier alpha value is -9.49. The molecule has 0 bridgehead atoms. The van der Waals surface area contributed by atoms with Crippen molar-refractivity contribution in [1.82, 2.24) is 33.6 Å². The molecule has 0 saturated carbocycles. The van der Waals surface area contributed by atoms with Crippen LogP contribution in [0.15, 0.2) is 205 Å². The fourth-order valence-corrected chi connectivity index (χ4v) is 13.0. The number of benzene rings is 4.